The molecular formula is C10H17N5O3. The number of carboxylic acid groups (broad SMARTS) is 1. The lowest BCUT2D eigenvalue weighted by Crippen LogP contribution is -2.55. The molecule has 18 heavy (non-hydrogen) atoms. The van der Waals surface area contributed by atoms with Gasteiger partial charge in [0.1, 0.15) is 17.7 Å². The van der Waals surface area contributed by atoms with Crippen molar-refractivity contribution in [2.24, 2.45) is 0 Å². The summed E-state index contributed by atoms with van der Waals surface area (Å²) in [7, 11) is 0. The summed E-state index contributed by atoms with van der Waals surface area (Å²) in [5.74, 6) is -0.558. The van der Waals surface area contributed by atoms with Gasteiger partial charge in [0.25, 0.3) is 0 Å². The largest absolute Gasteiger partial charge is 0.480 e. The Hall–Kier alpha value is -2.12. The van der Waals surface area contributed by atoms with Crippen LogP contribution in [0.4, 0.5) is 4.79 Å². The molecular weight excluding hydrogens is 238 g/mol. The van der Waals surface area contributed by atoms with E-state index in [1.54, 1.807) is 0 Å². The van der Waals surface area contributed by atoms with Crippen LogP contribution < -0.4 is 10.6 Å². The molecule has 1 unspecified atom stereocenters. The van der Waals surface area contributed by atoms with Crippen LogP contribution in [0.3, 0.4) is 0 Å². The molecule has 0 bridgehead atoms. The van der Waals surface area contributed by atoms with Crippen molar-refractivity contribution >= 4 is 12.0 Å². The predicted octanol–water partition coefficient (Wildman–Crippen LogP) is 0.247. The number of carbonyl (C=O) groups is 2. The molecule has 2 amide bonds. The van der Waals surface area contributed by atoms with E-state index < -0.39 is 17.5 Å². The average Bonchev–Trinajstić information content (AvgIpc) is 2.79. The maximum absolute atomic E-state index is 11.6. The summed E-state index contributed by atoms with van der Waals surface area (Å²) in [5.41, 5.74) is -1.26. The molecule has 0 fully saturated rings. The molecule has 1 atom stereocenters. The molecule has 8 nitrogen and oxygen atoms in total. The van der Waals surface area contributed by atoms with E-state index in [2.05, 4.69) is 25.8 Å². The summed E-state index contributed by atoms with van der Waals surface area (Å²) in [6, 6.07) is -0.551. The first kappa shape index (κ1) is 13.9. The summed E-state index contributed by atoms with van der Waals surface area (Å²) in [5, 5.41) is 20.3. The fourth-order valence-electron chi connectivity index (χ4n) is 1.50. The van der Waals surface area contributed by atoms with Gasteiger partial charge >= 0.3 is 12.0 Å². The number of H-pyrrole nitrogens is 1. The third-order valence-corrected chi connectivity index (χ3v) is 2.49. The zero-order chi connectivity index (χ0) is 13.6. The lowest BCUT2D eigenvalue weighted by atomic mass is 9.97. The molecule has 4 N–H and O–H groups in total. The highest BCUT2D eigenvalue weighted by Gasteiger charge is 2.33. The number of hydrogen-bond acceptors (Lipinski definition) is 4. The van der Waals surface area contributed by atoms with Gasteiger partial charge in [0.2, 0.25) is 0 Å². The summed E-state index contributed by atoms with van der Waals surface area (Å²) in [4.78, 5) is 26.5. The fourth-order valence-corrected chi connectivity index (χ4v) is 1.50. The van der Waals surface area contributed by atoms with Crippen LogP contribution in [0.2, 0.25) is 0 Å². The van der Waals surface area contributed by atoms with Gasteiger partial charge in [0, 0.05) is 0 Å². The molecule has 1 heterocycles. The first-order chi connectivity index (χ1) is 8.48. The second-order valence-electron chi connectivity index (χ2n) is 4.13. The summed E-state index contributed by atoms with van der Waals surface area (Å²) >= 11 is 0. The lowest BCUT2D eigenvalue weighted by Gasteiger charge is -2.25. The van der Waals surface area contributed by atoms with Crippen LogP contribution in [0.15, 0.2) is 6.33 Å². The van der Waals surface area contributed by atoms with Crippen molar-refractivity contribution in [3.8, 4) is 0 Å². The van der Waals surface area contributed by atoms with E-state index in [4.69, 9.17) is 5.11 Å². The molecule has 0 saturated carbocycles. The SMILES string of the molecule is CCCC(C)(NC(=O)NCc1ncn[nH]1)C(=O)O. The molecule has 100 valence electrons. The highest BCUT2D eigenvalue weighted by atomic mass is 16.4. The molecule has 0 spiro atoms. The van der Waals surface area contributed by atoms with Crippen molar-refractivity contribution in [1.82, 2.24) is 25.8 Å². The minimum atomic E-state index is -1.26. The van der Waals surface area contributed by atoms with Gasteiger partial charge in [-0.05, 0) is 13.3 Å². The quantitative estimate of drug-likeness (QED) is 0.580. The monoisotopic (exact) mass is 255 g/mol. The van der Waals surface area contributed by atoms with Crippen LogP contribution in [0.5, 0.6) is 0 Å². The van der Waals surface area contributed by atoms with Gasteiger partial charge in [-0.3, -0.25) is 5.10 Å². The van der Waals surface area contributed by atoms with Crippen LogP contribution in [0, 0.1) is 0 Å². The van der Waals surface area contributed by atoms with Gasteiger partial charge < -0.3 is 15.7 Å². The van der Waals surface area contributed by atoms with Crippen LogP contribution in [0.25, 0.3) is 0 Å². The second-order valence-corrected chi connectivity index (χ2v) is 4.13. The van der Waals surface area contributed by atoms with Gasteiger partial charge in [-0.1, -0.05) is 13.3 Å². The molecule has 0 radical (unpaired) electrons. The number of amides is 2. The fraction of sp³-hybridized carbons (Fsp3) is 0.600. The number of carboxylic acids is 1. The maximum atomic E-state index is 11.6. The molecule has 0 aliphatic carbocycles. The highest BCUT2D eigenvalue weighted by molar-refractivity contribution is 5.85. The number of nitrogens with zero attached hydrogens (tertiary/aromatic N) is 2. The Bertz CT molecular complexity index is 406. The van der Waals surface area contributed by atoms with E-state index in [1.165, 1.54) is 13.3 Å². The normalized spacial score (nSPS) is 13.7. The standard InChI is InChI=1S/C10H17N5O3/c1-3-4-10(2,8(16)17)14-9(18)11-5-7-12-6-13-15-7/h6H,3-5H2,1-2H3,(H,16,17)(H2,11,14,18)(H,12,13,15). The number of urea groups is 1. The zero-order valence-corrected chi connectivity index (χ0v) is 10.4. The number of carbonyl (C=O) groups excluding carboxylic acids is 1. The molecule has 8 heteroatoms. The van der Waals surface area contributed by atoms with Crippen LogP contribution >= 0.6 is 0 Å². The lowest BCUT2D eigenvalue weighted by molar-refractivity contribution is -0.144. The van der Waals surface area contributed by atoms with Gasteiger partial charge in [0.15, 0.2) is 0 Å². The number of aliphatic carboxylic acids is 1. The van der Waals surface area contributed by atoms with Gasteiger partial charge in [-0.15, -0.1) is 0 Å². The van der Waals surface area contributed by atoms with Crippen molar-refractivity contribution in [3.05, 3.63) is 12.2 Å². The molecule has 0 saturated heterocycles. The van der Waals surface area contributed by atoms with Gasteiger partial charge in [0.05, 0.1) is 6.54 Å². The molecule has 0 aliphatic rings. The first-order valence-electron chi connectivity index (χ1n) is 5.61. The Morgan fingerprint density at radius 2 is 2.28 bits per heavy atom. The van der Waals surface area contributed by atoms with E-state index in [-0.39, 0.29) is 6.54 Å². The molecule has 1 rings (SSSR count). The van der Waals surface area contributed by atoms with Gasteiger partial charge in [-0.2, -0.15) is 5.10 Å². The Morgan fingerprint density at radius 1 is 1.56 bits per heavy atom. The number of nitrogens with one attached hydrogen (secondary N) is 3. The van der Waals surface area contributed by atoms with Crippen molar-refractivity contribution in [2.45, 2.75) is 38.8 Å². The minimum Gasteiger partial charge on any atom is -0.480 e. The van der Waals surface area contributed by atoms with Crippen molar-refractivity contribution in [1.29, 1.82) is 0 Å². The van der Waals surface area contributed by atoms with Gasteiger partial charge in [-0.25, -0.2) is 14.6 Å². The summed E-state index contributed by atoms with van der Waals surface area (Å²) < 4.78 is 0. The third-order valence-electron chi connectivity index (χ3n) is 2.49. The van der Waals surface area contributed by atoms with E-state index in [9.17, 15) is 9.59 Å². The molecule has 1 aromatic rings. The first-order valence-corrected chi connectivity index (χ1v) is 5.61. The molecule has 0 aromatic carbocycles. The number of aromatic amines is 1. The average molecular weight is 255 g/mol. The molecule has 1 aromatic heterocycles. The number of aromatic nitrogens is 3. The van der Waals surface area contributed by atoms with Crippen molar-refractivity contribution in [3.63, 3.8) is 0 Å². The zero-order valence-electron chi connectivity index (χ0n) is 10.4. The highest BCUT2D eigenvalue weighted by Crippen LogP contribution is 2.12. The van der Waals surface area contributed by atoms with E-state index in [1.807, 2.05) is 6.92 Å². The third kappa shape index (κ3) is 3.72. The maximum Gasteiger partial charge on any atom is 0.329 e. The second kappa shape index (κ2) is 5.99. The Balaban J connectivity index is 2.49. The van der Waals surface area contributed by atoms with Crippen molar-refractivity contribution < 1.29 is 14.7 Å². The summed E-state index contributed by atoms with van der Waals surface area (Å²) in [6.45, 7) is 3.50. The topological polar surface area (TPSA) is 120 Å². The smallest absolute Gasteiger partial charge is 0.329 e. The van der Waals surface area contributed by atoms with Crippen LogP contribution in [-0.2, 0) is 11.3 Å². The number of hydrogen-bond donors (Lipinski definition) is 4. The Morgan fingerprint density at radius 3 is 2.78 bits per heavy atom. The summed E-state index contributed by atoms with van der Waals surface area (Å²) in [6.07, 6.45) is 2.34. The number of rotatable bonds is 6. The van der Waals surface area contributed by atoms with Crippen LogP contribution in [-0.4, -0.2) is 37.8 Å². The minimum absolute atomic E-state index is 0.160. The van der Waals surface area contributed by atoms with E-state index >= 15 is 0 Å². The Labute approximate surface area is 104 Å². The molecule has 0 aliphatic heterocycles. The van der Waals surface area contributed by atoms with Crippen molar-refractivity contribution in [2.75, 3.05) is 0 Å². The van der Waals surface area contributed by atoms with E-state index in [0.717, 1.165) is 0 Å². The predicted molar refractivity (Wildman–Crippen MR) is 62.7 cm³/mol. The van der Waals surface area contributed by atoms with E-state index in [0.29, 0.717) is 18.7 Å². The van der Waals surface area contributed by atoms with Crippen LogP contribution in [0.1, 0.15) is 32.5 Å². The Kier molecular flexibility index (Phi) is 4.64.